The maximum atomic E-state index is 13.1. The van der Waals surface area contributed by atoms with Gasteiger partial charge < -0.3 is 9.64 Å². The van der Waals surface area contributed by atoms with Gasteiger partial charge in [-0.1, -0.05) is 89.1 Å². The van der Waals surface area contributed by atoms with Crippen LogP contribution in [0.1, 0.15) is 99.5 Å². The molecular formula is C29H41NO3. The molecule has 2 rings (SSSR count). The number of amides is 1. The minimum atomic E-state index is -0.394. The second-order valence-electron chi connectivity index (χ2n) is 8.81. The Kier molecular flexibility index (Phi) is 12.3. The number of esters is 1. The Labute approximate surface area is 200 Å². The standard InChI is InChI=1S/C29H41NO3/c1-4-6-8-9-10-12-14-24-18-20-25(21-19-24)23-30(28(31)17-11-7-5-2)27-16-13-15-26(22-27)29(32)33-3/h13,15-16,18-22H,4-12,14,17,23H2,1-3H3. The molecule has 0 fully saturated rings. The lowest BCUT2D eigenvalue weighted by Gasteiger charge is -2.24. The van der Waals surface area contributed by atoms with Crippen LogP contribution in [0.5, 0.6) is 0 Å². The fourth-order valence-corrected chi connectivity index (χ4v) is 4.01. The number of methoxy groups -OCH3 is 1. The van der Waals surface area contributed by atoms with Gasteiger partial charge in [0.2, 0.25) is 5.91 Å². The van der Waals surface area contributed by atoms with Crippen molar-refractivity contribution in [3.63, 3.8) is 0 Å². The van der Waals surface area contributed by atoms with Crippen LogP contribution in [0.4, 0.5) is 5.69 Å². The van der Waals surface area contributed by atoms with E-state index in [0.717, 1.165) is 36.9 Å². The van der Waals surface area contributed by atoms with E-state index in [4.69, 9.17) is 4.74 Å². The lowest BCUT2D eigenvalue weighted by Crippen LogP contribution is -2.30. The molecule has 0 aliphatic carbocycles. The molecule has 33 heavy (non-hydrogen) atoms. The number of carbonyl (C=O) groups is 2. The summed E-state index contributed by atoms with van der Waals surface area (Å²) in [6.45, 7) is 4.87. The third-order valence-electron chi connectivity index (χ3n) is 6.06. The molecule has 2 aromatic carbocycles. The molecule has 0 atom stereocenters. The first-order chi connectivity index (χ1) is 16.1. The van der Waals surface area contributed by atoms with Crippen LogP contribution in [0, 0.1) is 0 Å². The van der Waals surface area contributed by atoms with Crippen LogP contribution in [0.2, 0.25) is 0 Å². The Morgan fingerprint density at radius 2 is 1.42 bits per heavy atom. The summed E-state index contributed by atoms with van der Waals surface area (Å²) in [6.07, 6.45) is 12.4. The van der Waals surface area contributed by atoms with Crippen molar-refractivity contribution in [3.05, 3.63) is 65.2 Å². The highest BCUT2D eigenvalue weighted by atomic mass is 16.5. The third kappa shape index (κ3) is 9.41. The van der Waals surface area contributed by atoms with Crippen LogP contribution < -0.4 is 4.90 Å². The van der Waals surface area contributed by atoms with Gasteiger partial charge in [0.15, 0.2) is 0 Å². The van der Waals surface area contributed by atoms with Gasteiger partial charge in [-0.25, -0.2) is 4.79 Å². The predicted octanol–water partition coefficient (Wildman–Crippen LogP) is 7.49. The number of hydrogen-bond acceptors (Lipinski definition) is 3. The predicted molar refractivity (Wildman–Crippen MR) is 137 cm³/mol. The highest BCUT2D eigenvalue weighted by Gasteiger charge is 2.18. The van der Waals surface area contributed by atoms with Gasteiger partial charge in [-0.3, -0.25) is 4.79 Å². The van der Waals surface area contributed by atoms with Gasteiger partial charge >= 0.3 is 5.97 Å². The summed E-state index contributed by atoms with van der Waals surface area (Å²) in [4.78, 5) is 26.9. The molecule has 0 aromatic heterocycles. The highest BCUT2D eigenvalue weighted by molar-refractivity contribution is 5.96. The van der Waals surface area contributed by atoms with Crippen LogP contribution in [0.25, 0.3) is 0 Å². The second kappa shape index (κ2) is 15.3. The molecular weight excluding hydrogens is 410 g/mol. The molecule has 0 radical (unpaired) electrons. The molecule has 0 aliphatic rings. The third-order valence-corrected chi connectivity index (χ3v) is 6.06. The Hall–Kier alpha value is -2.62. The average Bonchev–Trinajstić information content (AvgIpc) is 2.85. The van der Waals surface area contributed by atoms with Gasteiger partial charge in [-0.15, -0.1) is 0 Å². The van der Waals surface area contributed by atoms with E-state index in [1.807, 2.05) is 6.07 Å². The van der Waals surface area contributed by atoms with Crippen molar-refractivity contribution in [1.82, 2.24) is 0 Å². The molecule has 2 aromatic rings. The summed E-state index contributed by atoms with van der Waals surface area (Å²) in [6, 6.07) is 15.8. The Morgan fingerprint density at radius 1 is 0.788 bits per heavy atom. The SMILES string of the molecule is CCCCCCCCc1ccc(CN(C(=O)CCCCC)c2cccc(C(=O)OC)c2)cc1. The number of rotatable bonds is 15. The Bertz CT molecular complexity index is 844. The zero-order valence-electron chi connectivity index (χ0n) is 20.8. The van der Waals surface area contributed by atoms with Gasteiger partial charge in [-0.2, -0.15) is 0 Å². The summed E-state index contributed by atoms with van der Waals surface area (Å²) in [5, 5.41) is 0. The first kappa shape index (κ1) is 26.6. The van der Waals surface area contributed by atoms with Crippen molar-refractivity contribution in [2.24, 2.45) is 0 Å². The van der Waals surface area contributed by atoms with E-state index < -0.39 is 5.97 Å². The number of ether oxygens (including phenoxy) is 1. The molecule has 180 valence electrons. The van der Waals surface area contributed by atoms with Crippen LogP contribution >= 0.6 is 0 Å². The fraction of sp³-hybridized carbons (Fsp3) is 0.517. The van der Waals surface area contributed by atoms with Crippen molar-refractivity contribution in [3.8, 4) is 0 Å². The quantitative estimate of drug-likeness (QED) is 0.208. The molecule has 0 spiro atoms. The zero-order valence-corrected chi connectivity index (χ0v) is 20.8. The molecule has 4 nitrogen and oxygen atoms in total. The molecule has 1 amide bonds. The first-order valence-corrected chi connectivity index (χ1v) is 12.7. The summed E-state index contributed by atoms with van der Waals surface area (Å²) >= 11 is 0. The maximum Gasteiger partial charge on any atom is 0.337 e. The van der Waals surface area contributed by atoms with E-state index in [1.165, 1.54) is 51.2 Å². The Balaban J connectivity index is 2.06. The van der Waals surface area contributed by atoms with Crippen molar-refractivity contribution in [1.29, 1.82) is 0 Å². The lowest BCUT2D eigenvalue weighted by atomic mass is 10.0. The minimum Gasteiger partial charge on any atom is -0.465 e. The lowest BCUT2D eigenvalue weighted by molar-refractivity contribution is -0.118. The van der Waals surface area contributed by atoms with E-state index in [-0.39, 0.29) is 5.91 Å². The molecule has 4 heteroatoms. The minimum absolute atomic E-state index is 0.0848. The zero-order chi connectivity index (χ0) is 23.9. The molecule has 0 saturated carbocycles. The smallest absolute Gasteiger partial charge is 0.337 e. The number of unbranched alkanes of at least 4 members (excludes halogenated alkanes) is 7. The summed E-state index contributed by atoms with van der Waals surface area (Å²) in [5.41, 5.74) is 3.63. The van der Waals surface area contributed by atoms with Gasteiger partial charge in [-0.05, 0) is 48.6 Å². The number of nitrogens with zero attached hydrogens (tertiary/aromatic N) is 1. The number of anilines is 1. The van der Waals surface area contributed by atoms with Crippen molar-refractivity contribution in [2.75, 3.05) is 12.0 Å². The fourth-order valence-electron chi connectivity index (χ4n) is 4.01. The molecule has 0 unspecified atom stereocenters. The van der Waals surface area contributed by atoms with Crippen LogP contribution in [0.3, 0.4) is 0 Å². The van der Waals surface area contributed by atoms with E-state index in [2.05, 4.69) is 38.1 Å². The van der Waals surface area contributed by atoms with Crippen LogP contribution in [-0.4, -0.2) is 19.0 Å². The van der Waals surface area contributed by atoms with Gasteiger partial charge in [0, 0.05) is 12.1 Å². The van der Waals surface area contributed by atoms with Crippen molar-refractivity contribution in [2.45, 2.75) is 91.0 Å². The maximum absolute atomic E-state index is 13.1. The van der Waals surface area contributed by atoms with Crippen LogP contribution in [0.15, 0.2) is 48.5 Å². The number of carbonyl (C=O) groups excluding carboxylic acids is 2. The number of hydrogen-bond donors (Lipinski definition) is 0. The second-order valence-corrected chi connectivity index (χ2v) is 8.81. The number of aryl methyl sites for hydroxylation is 1. The highest BCUT2D eigenvalue weighted by Crippen LogP contribution is 2.22. The molecule has 0 aliphatic heterocycles. The van der Waals surface area contributed by atoms with Crippen LogP contribution in [-0.2, 0) is 22.5 Å². The van der Waals surface area contributed by atoms with Gasteiger partial charge in [0.25, 0.3) is 0 Å². The molecule has 0 bridgehead atoms. The van der Waals surface area contributed by atoms with E-state index in [9.17, 15) is 9.59 Å². The topological polar surface area (TPSA) is 46.6 Å². The summed E-state index contributed by atoms with van der Waals surface area (Å²) in [5.74, 6) is -0.309. The largest absolute Gasteiger partial charge is 0.465 e. The monoisotopic (exact) mass is 451 g/mol. The molecule has 0 N–H and O–H groups in total. The molecule has 0 heterocycles. The number of benzene rings is 2. The van der Waals surface area contributed by atoms with E-state index in [0.29, 0.717) is 18.5 Å². The van der Waals surface area contributed by atoms with E-state index in [1.54, 1.807) is 23.1 Å². The van der Waals surface area contributed by atoms with E-state index >= 15 is 0 Å². The normalized spacial score (nSPS) is 10.8. The van der Waals surface area contributed by atoms with Crippen molar-refractivity contribution >= 4 is 17.6 Å². The first-order valence-electron chi connectivity index (χ1n) is 12.7. The Morgan fingerprint density at radius 3 is 2.12 bits per heavy atom. The van der Waals surface area contributed by atoms with Gasteiger partial charge in [0.1, 0.15) is 0 Å². The molecule has 0 saturated heterocycles. The average molecular weight is 452 g/mol. The van der Waals surface area contributed by atoms with Gasteiger partial charge in [0.05, 0.1) is 19.2 Å². The van der Waals surface area contributed by atoms with Crippen molar-refractivity contribution < 1.29 is 14.3 Å². The summed E-state index contributed by atoms with van der Waals surface area (Å²) in [7, 11) is 1.37. The summed E-state index contributed by atoms with van der Waals surface area (Å²) < 4.78 is 4.86.